The molecule has 2 aromatic rings. The van der Waals surface area contributed by atoms with Crippen molar-refractivity contribution in [2.75, 3.05) is 6.61 Å². The van der Waals surface area contributed by atoms with Gasteiger partial charge in [0.05, 0.1) is 28.6 Å². The molecule has 0 aliphatic carbocycles. The fourth-order valence-corrected chi connectivity index (χ4v) is 5.36. The van der Waals surface area contributed by atoms with Crippen molar-refractivity contribution in [3.63, 3.8) is 0 Å². The summed E-state index contributed by atoms with van der Waals surface area (Å²) in [7, 11) is 0. The van der Waals surface area contributed by atoms with Gasteiger partial charge in [0, 0.05) is 23.2 Å². The summed E-state index contributed by atoms with van der Waals surface area (Å²) in [6, 6.07) is 10.6. The fourth-order valence-electron chi connectivity index (χ4n) is 5.05. The number of rotatable bonds is 7. The van der Waals surface area contributed by atoms with Gasteiger partial charge in [0.25, 0.3) is 0 Å². The minimum atomic E-state index is -1.07. The van der Waals surface area contributed by atoms with Crippen LogP contribution in [0.15, 0.2) is 42.5 Å². The highest BCUT2D eigenvalue weighted by Crippen LogP contribution is 2.51. The predicted molar refractivity (Wildman–Crippen MR) is 140 cm³/mol. The van der Waals surface area contributed by atoms with Gasteiger partial charge in [-0.2, -0.15) is 0 Å². The summed E-state index contributed by atoms with van der Waals surface area (Å²) in [5.74, 6) is -1.79. The van der Waals surface area contributed by atoms with Gasteiger partial charge in [-0.15, -0.1) is 0 Å². The first-order chi connectivity index (χ1) is 16.3. The molecule has 0 spiro atoms. The van der Waals surface area contributed by atoms with Crippen LogP contribution >= 0.6 is 23.2 Å². The van der Waals surface area contributed by atoms with Gasteiger partial charge in [0.15, 0.2) is 0 Å². The van der Waals surface area contributed by atoms with E-state index >= 15 is 4.39 Å². The number of halogens is 3. The van der Waals surface area contributed by atoms with Crippen molar-refractivity contribution in [2.24, 2.45) is 5.41 Å². The van der Waals surface area contributed by atoms with E-state index in [1.165, 1.54) is 12.3 Å². The summed E-state index contributed by atoms with van der Waals surface area (Å²) in [4.78, 5) is 13.7. The lowest BCUT2D eigenvalue weighted by molar-refractivity contribution is -0.125. The number of nitrogens with one attached hydrogen (secondary N) is 3. The van der Waals surface area contributed by atoms with Crippen LogP contribution in [0, 0.1) is 16.6 Å². The summed E-state index contributed by atoms with van der Waals surface area (Å²) < 4.78 is 15.6. The van der Waals surface area contributed by atoms with E-state index in [4.69, 9.17) is 28.6 Å². The quantitative estimate of drug-likeness (QED) is 0.364. The smallest absolute Gasteiger partial charge is 0.238 e. The molecular weight excluding hydrogens is 488 g/mol. The lowest BCUT2D eigenvalue weighted by Crippen LogP contribution is -2.54. The van der Waals surface area contributed by atoms with Gasteiger partial charge >= 0.3 is 0 Å². The topological polar surface area (TPSA) is 85.2 Å². The number of amides is 1. The molecule has 1 heterocycles. The van der Waals surface area contributed by atoms with Gasteiger partial charge < -0.3 is 21.1 Å². The molecule has 0 radical (unpaired) electrons. The van der Waals surface area contributed by atoms with Crippen molar-refractivity contribution in [3.05, 3.63) is 69.5 Å². The summed E-state index contributed by atoms with van der Waals surface area (Å²) in [6.45, 7) is 9.42. The van der Waals surface area contributed by atoms with E-state index in [0.717, 1.165) is 5.56 Å². The highest BCUT2D eigenvalue weighted by Gasteiger charge is 2.58. The molecule has 5 nitrogen and oxygen atoms in total. The molecule has 4 unspecified atom stereocenters. The predicted octanol–water partition coefficient (Wildman–Crippen LogP) is 5.47. The van der Waals surface area contributed by atoms with E-state index < -0.39 is 28.7 Å². The van der Waals surface area contributed by atoms with E-state index in [1.54, 1.807) is 38.1 Å². The van der Waals surface area contributed by atoms with E-state index in [0.29, 0.717) is 11.4 Å². The lowest BCUT2D eigenvalue weighted by Gasteiger charge is -2.40. The van der Waals surface area contributed by atoms with E-state index in [-0.39, 0.29) is 34.6 Å². The van der Waals surface area contributed by atoms with Gasteiger partial charge in [0.1, 0.15) is 5.82 Å². The maximum atomic E-state index is 15.6. The SMILES string of the molecule is CC(C)(C)CC1NC(C(=O)NC(C)(C)CO)C(c2cccc(Cl)c2F)C1(C=N)c1ccc(Cl)cc1. The molecule has 0 aromatic heterocycles. The summed E-state index contributed by atoms with van der Waals surface area (Å²) in [6.07, 6.45) is 1.94. The Morgan fingerprint density at radius 1 is 1.17 bits per heavy atom. The van der Waals surface area contributed by atoms with E-state index in [1.807, 2.05) is 12.1 Å². The number of hydrogen-bond acceptors (Lipinski definition) is 4. The highest BCUT2D eigenvalue weighted by atomic mass is 35.5. The molecule has 0 saturated carbocycles. The summed E-state index contributed by atoms with van der Waals surface area (Å²) in [5, 5.41) is 25.3. The Kier molecular flexibility index (Phi) is 8.02. The third-order valence-electron chi connectivity index (χ3n) is 6.66. The number of carbonyl (C=O) groups is 1. The Labute approximate surface area is 216 Å². The van der Waals surface area contributed by atoms with Crippen LogP contribution in [-0.2, 0) is 10.2 Å². The van der Waals surface area contributed by atoms with Crippen molar-refractivity contribution in [3.8, 4) is 0 Å². The second-order valence-corrected chi connectivity index (χ2v) is 12.0. The maximum absolute atomic E-state index is 15.6. The summed E-state index contributed by atoms with van der Waals surface area (Å²) in [5.41, 5.74) is -1.12. The van der Waals surface area contributed by atoms with Gasteiger partial charge in [-0.25, -0.2) is 4.39 Å². The minimum absolute atomic E-state index is 0.0494. The maximum Gasteiger partial charge on any atom is 0.238 e. The molecule has 1 aliphatic rings. The Hall–Kier alpha value is -1.99. The fraction of sp³-hybridized carbons (Fsp3) is 0.481. The third kappa shape index (κ3) is 5.56. The van der Waals surface area contributed by atoms with Crippen molar-refractivity contribution in [1.82, 2.24) is 10.6 Å². The molecule has 1 aliphatic heterocycles. The van der Waals surface area contributed by atoms with Crippen LogP contribution in [0.5, 0.6) is 0 Å². The molecule has 190 valence electrons. The molecule has 1 saturated heterocycles. The standard InChI is InChI=1S/C27H34Cl2FN3O2/c1-25(2,3)13-20-27(14-31,16-9-11-17(28)12-10-16)21(18-7-6-8-19(29)22(18)30)23(32-20)24(35)33-26(4,5)15-34/h6-12,14,20-21,23,31-32,34H,13,15H2,1-5H3,(H,33,35). The number of hydrogen-bond donors (Lipinski definition) is 4. The van der Waals surface area contributed by atoms with Gasteiger partial charge in [-0.1, -0.05) is 68.2 Å². The lowest BCUT2D eigenvalue weighted by atomic mass is 9.62. The number of aliphatic hydroxyl groups excluding tert-OH is 1. The van der Waals surface area contributed by atoms with Crippen LogP contribution in [-0.4, -0.2) is 41.5 Å². The molecule has 35 heavy (non-hydrogen) atoms. The first kappa shape index (κ1) is 27.6. The van der Waals surface area contributed by atoms with Crippen molar-refractivity contribution >= 4 is 35.3 Å². The van der Waals surface area contributed by atoms with Crippen LogP contribution in [0.1, 0.15) is 58.1 Å². The number of carbonyl (C=O) groups excluding carboxylic acids is 1. The normalized spacial score (nSPS) is 24.9. The zero-order valence-electron chi connectivity index (χ0n) is 20.8. The second kappa shape index (κ2) is 10.2. The molecule has 4 N–H and O–H groups in total. The highest BCUT2D eigenvalue weighted by molar-refractivity contribution is 6.31. The molecular formula is C27H34Cl2FN3O2. The third-order valence-corrected chi connectivity index (χ3v) is 7.20. The Morgan fingerprint density at radius 3 is 2.34 bits per heavy atom. The van der Waals surface area contributed by atoms with Crippen LogP contribution in [0.25, 0.3) is 0 Å². The van der Waals surface area contributed by atoms with E-state index in [9.17, 15) is 9.90 Å². The monoisotopic (exact) mass is 521 g/mol. The first-order valence-corrected chi connectivity index (χ1v) is 12.4. The molecule has 1 amide bonds. The van der Waals surface area contributed by atoms with Crippen LogP contribution in [0.3, 0.4) is 0 Å². The van der Waals surface area contributed by atoms with Crippen molar-refractivity contribution in [2.45, 2.75) is 70.0 Å². The Bertz CT molecular complexity index is 1080. The molecule has 8 heteroatoms. The van der Waals surface area contributed by atoms with Crippen molar-refractivity contribution in [1.29, 1.82) is 5.41 Å². The van der Waals surface area contributed by atoms with Gasteiger partial charge in [-0.05, 0) is 55.0 Å². The zero-order chi connectivity index (χ0) is 26.2. The summed E-state index contributed by atoms with van der Waals surface area (Å²) >= 11 is 12.4. The molecule has 4 atom stereocenters. The molecule has 3 rings (SSSR count). The number of benzene rings is 2. The van der Waals surface area contributed by atoms with E-state index in [2.05, 4.69) is 31.4 Å². The van der Waals surface area contributed by atoms with Crippen LogP contribution < -0.4 is 10.6 Å². The van der Waals surface area contributed by atoms with Crippen molar-refractivity contribution < 1.29 is 14.3 Å². The largest absolute Gasteiger partial charge is 0.394 e. The van der Waals surface area contributed by atoms with Crippen LogP contribution in [0.2, 0.25) is 10.0 Å². The average molecular weight is 522 g/mol. The van der Waals surface area contributed by atoms with Gasteiger partial charge in [0.2, 0.25) is 5.91 Å². The van der Waals surface area contributed by atoms with Crippen LogP contribution in [0.4, 0.5) is 4.39 Å². The molecule has 2 aromatic carbocycles. The zero-order valence-corrected chi connectivity index (χ0v) is 22.3. The second-order valence-electron chi connectivity index (χ2n) is 11.2. The average Bonchev–Trinajstić information content (AvgIpc) is 3.09. The number of aliphatic hydroxyl groups is 1. The molecule has 1 fully saturated rings. The first-order valence-electron chi connectivity index (χ1n) is 11.7. The Morgan fingerprint density at radius 2 is 1.80 bits per heavy atom. The Balaban J connectivity index is 2.30. The van der Waals surface area contributed by atoms with Gasteiger partial charge in [-0.3, -0.25) is 4.79 Å². The minimum Gasteiger partial charge on any atom is -0.394 e. The molecule has 0 bridgehead atoms.